The average molecular weight is 256 g/mol. The lowest BCUT2D eigenvalue weighted by Gasteiger charge is -2.37. The zero-order valence-corrected chi connectivity index (χ0v) is 13.9. The minimum absolute atomic E-state index is 0.500. The number of hydrogen-bond acceptors (Lipinski definition) is 2. The Kier molecular flexibility index (Phi) is 8.89. The molecule has 0 aromatic carbocycles. The van der Waals surface area contributed by atoms with Gasteiger partial charge in [0.2, 0.25) is 0 Å². The molecule has 1 fully saturated rings. The molecule has 0 aromatic rings. The van der Waals surface area contributed by atoms with Crippen LogP contribution in [0.2, 0.25) is 0 Å². The van der Waals surface area contributed by atoms with Crippen LogP contribution in [-0.2, 0) is 0 Å². The molecule has 0 amide bonds. The third kappa shape index (κ3) is 8.10. The van der Waals surface area contributed by atoms with Crippen LogP contribution in [0.4, 0.5) is 0 Å². The molecule has 2 nitrogen and oxygen atoms in total. The second-order valence-corrected chi connectivity index (χ2v) is 6.64. The summed E-state index contributed by atoms with van der Waals surface area (Å²) >= 11 is 0. The first-order valence-corrected chi connectivity index (χ1v) is 7.85. The normalized spacial score (nSPS) is 18.7. The van der Waals surface area contributed by atoms with E-state index in [0.717, 1.165) is 6.04 Å². The lowest BCUT2D eigenvalue weighted by atomic mass is 9.90. The molecular formula is C16H36N2. The molecular weight excluding hydrogens is 220 g/mol. The van der Waals surface area contributed by atoms with E-state index in [9.17, 15) is 0 Å². The molecule has 1 heterocycles. The van der Waals surface area contributed by atoms with E-state index >= 15 is 0 Å². The third-order valence-electron chi connectivity index (χ3n) is 3.54. The van der Waals surface area contributed by atoms with Crippen molar-refractivity contribution in [2.24, 2.45) is 5.41 Å². The van der Waals surface area contributed by atoms with Gasteiger partial charge in [-0.3, -0.25) is 4.90 Å². The molecule has 1 aliphatic rings. The van der Waals surface area contributed by atoms with Gasteiger partial charge in [0.05, 0.1) is 0 Å². The highest BCUT2D eigenvalue weighted by atomic mass is 15.3. The Morgan fingerprint density at radius 2 is 1.44 bits per heavy atom. The first-order chi connectivity index (χ1) is 8.38. The van der Waals surface area contributed by atoms with Crippen molar-refractivity contribution >= 4 is 0 Å². The van der Waals surface area contributed by atoms with Crippen molar-refractivity contribution in [1.29, 1.82) is 0 Å². The Balaban J connectivity index is 0.00000137. The van der Waals surface area contributed by atoms with Crippen LogP contribution in [0.1, 0.15) is 61.3 Å². The maximum Gasteiger partial charge on any atom is 0.0113 e. The topological polar surface area (TPSA) is 6.48 Å². The highest BCUT2D eigenvalue weighted by molar-refractivity contribution is 4.74. The summed E-state index contributed by atoms with van der Waals surface area (Å²) in [6, 6.07) is 0.719. The molecule has 2 heteroatoms. The molecule has 0 aliphatic carbocycles. The van der Waals surface area contributed by atoms with Gasteiger partial charge in [0.15, 0.2) is 0 Å². The summed E-state index contributed by atoms with van der Waals surface area (Å²) in [7, 11) is 0. The van der Waals surface area contributed by atoms with Gasteiger partial charge in [0.1, 0.15) is 0 Å². The maximum absolute atomic E-state index is 2.63. The van der Waals surface area contributed by atoms with Crippen LogP contribution in [0.5, 0.6) is 0 Å². The van der Waals surface area contributed by atoms with Crippen molar-refractivity contribution in [2.45, 2.75) is 67.3 Å². The standard InChI is InChI=1S/C14H30N2.C2H6/c1-13(2)16-11-9-15(10-12-16)8-6-7-14(3,4)5;1-2/h13H,6-12H2,1-5H3;1-2H3. The zero-order chi connectivity index (χ0) is 14.2. The molecule has 0 atom stereocenters. The average Bonchev–Trinajstić information content (AvgIpc) is 2.30. The maximum atomic E-state index is 2.63. The van der Waals surface area contributed by atoms with Crippen LogP contribution in [0.15, 0.2) is 0 Å². The largest absolute Gasteiger partial charge is 0.301 e. The van der Waals surface area contributed by atoms with Crippen molar-refractivity contribution in [1.82, 2.24) is 9.80 Å². The molecule has 0 saturated carbocycles. The number of hydrogen-bond donors (Lipinski definition) is 0. The summed E-state index contributed by atoms with van der Waals surface area (Å²) < 4.78 is 0. The van der Waals surface area contributed by atoms with E-state index in [1.165, 1.54) is 45.6 Å². The molecule has 18 heavy (non-hydrogen) atoms. The molecule has 0 radical (unpaired) electrons. The van der Waals surface area contributed by atoms with Gasteiger partial charge in [-0.2, -0.15) is 0 Å². The summed E-state index contributed by atoms with van der Waals surface area (Å²) in [5.41, 5.74) is 0.500. The van der Waals surface area contributed by atoms with Gasteiger partial charge in [-0.05, 0) is 38.6 Å². The van der Waals surface area contributed by atoms with E-state index in [4.69, 9.17) is 0 Å². The lowest BCUT2D eigenvalue weighted by molar-refractivity contribution is 0.105. The highest BCUT2D eigenvalue weighted by Gasteiger charge is 2.18. The summed E-state index contributed by atoms with van der Waals surface area (Å²) in [5, 5.41) is 0. The molecule has 1 rings (SSSR count). The van der Waals surface area contributed by atoms with Crippen LogP contribution >= 0.6 is 0 Å². The molecule has 1 aliphatic heterocycles. The molecule has 0 unspecified atom stereocenters. The molecule has 0 aromatic heterocycles. The van der Waals surface area contributed by atoms with Gasteiger partial charge < -0.3 is 4.90 Å². The second kappa shape index (κ2) is 8.92. The van der Waals surface area contributed by atoms with Gasteiger partial charge in [0.25, 0.3) is 0 Å². The van der Waals surface area contributed by atoms with E-state index in [1.807, 2.05) is 13.8 Å². The summed E-state index contributed by atoms with van der Waals surface area (Å²) in [4.78, 5) is 5.21. The monoisotopic (exact) mass is 256 g/mol. The number of rotatable bonds is 4. The summed E-state index contributed by atoms with van der Waals surface area (Å²) in [5.74, 6) is 0. The fourth-order valence-corrected chi connectivity index (χ4v) is 2.34. The number of nitrogens with zero attached hydrogens (tertiary/aromatic N) is 2. The first kappa shape index (κ1) is 17.9. The van der Waals surface area contributed by atoms with Crippen molar-refractivity contribution < 1.29 is 0 Å². The van der Waals surface area contributed by atoms with Crippen LogP contribution in [-0.4, -0.2) is 48.6 Å². The third-order valence-corrected chi connectivity index (χ3v) is 3.54. The molecule has 0 bridgehead atoms. The van der Waals surface area contributed by atoms with Gasteiger partial charge in [0, 0.05) is 32.2 Å². The highest BCUT2D eigenvalue weighted by Crippen LogP contribution is 2.20. The first-order valence-electron chi connectivity index (χ1n) is 7.85. The molecule has 0 spiro atoms. The lowest BCUT2D eigenvalue weighted by Crippen LogP contribution is -2.48. The summed E-state index contributed by atoms with van der Waals surface area (Å²) in [6.45, 7) is 22.0. The van der Waals surface area contributed by atoms with Crippen LogP contribution in [0.3, 0.4) is 0 Å². The summed E-state index contributed by atoms with van der Waals surface area (Å²) in [6.07, 6.45) is 2.70. The van der Waals surface area contributed by atoms with Gasteiger partial charge >= 0.3 is 0 Å². The Labute approximate surface area is 116 Å². The van der Waals surface area contributed by atoms with Crippen molar-refractivity contribution in [3.63, 3.8) is 0 Å². The van der Waals surface area contributed by atoms with E-state index in [0.29, 0.717) is 5.41 Å². The predicted octanol–water partition coefficient (Wildman–Crippen LogP) is 3.86. The second-order valence-electron chi connectivity index (χ2n) is 6.64. The van der Waals surface area contributed by atoms with Crippen LogP contribution in [0, 0.1) is 5.41 Å². The predicted molar refractivity (Wildman–Crippen MR) is 83.2 cm³/mol. The number of piperazine rings is 1. The van der Waals surface area contributed by atoms with Crippen LogP contribution < -0.4 is 0 Å². The Morgan fingerprint density at radius 3 is 1.83 bits per heavy atom. The minimum atomic E-state index is 0.500. The Morgan fingerprint density at radius 1 is 0.944 bits per heavy atom. The fraction of sp³-hybridized carbons (Fsp3) is 1.00. The smallest absolute Gasteiger partial charge is 0.0113 e. The quantitative estimate of drug-likeness (QED) is 0.753. The SMILES string of the molecule is CC.CC(C)N1CCN(CCCC(C)(C)C)CC1. The zero-order valence-electron chi connectivity index (χ0n) is 13.9. The van der Waals surface area contributed by atoms with E-state index < -0.39 is 0 Å². The molecule has 110 valence electrons. The Bertz CT molecular complexity index is 186. The Hall–Kier alpha value is -0.0800. The molecule has 1 saturated heterocycles. The van der Waals surface area contributed by atoms with Crippen molar-refractivity contribution in [3.05, 3.63) is 0 Å². The van der Waals surface area contributed by atoms with Gasteiger partial charge in [-0.15, -0.1) is 0 Å². The molecule has 0 N–H and O–H groups in total. The van der Waals surface area contributed by atoms with Crippen molar-refractivity contribution in [3.8, 4) is 0 Å². The van der Waals surface area contributed by atoms with Crippen LogP contribution in [0.25, 0.3) is 0 Å². The van der Waals surface area contributed by atoms with E-state index in [1.54, 1.807) is 0 Å². The minimum Gasteiger partial charge on any atom is -0.301 e. The van der Waals surface area contributed by atoms with Crippen molar-refractivity contribution in [2.75, 3.05) is 32.7 Å². The van der Waals surface area contributed by atoms with Gasteiger partial charge in [-0.25, -0.2) is 0 Å². The van der Waals surface area contributed by atoms with E-state index in [-0.39, 0.29) is 0 Å². The van der Waals surface area contributed by atoms with E-state index in [2.05, 4.69) is 44.4 Å². The van der Waals surface area contributed by atoms with Gasteiger partial charge in [-0.1, -0.05) is 34.6 Å². The fourth-order valence-electron chi connectivity index (χ4n) is 2.34.